The smallest absolute Gasteiger partial charge is 0.150 e. The average molecular weight is 246 g/mol. The van der Waals surface area contributed by atoms with Gasteiger partial charge in [-0.05, 0) is 31.6 Å². The van der Waals surface area contributed by atoms with Crippen molar-refractivity contribution >= 4 is 15.6 Å². The van der Waals surface area contributed by atoms with E-state index in [-0.39, 0.29) is 5.25 Å². The number of Topliss-reactive ketones (excluding diaryl/α,β-unsaturated/α-hetero) is 1. The van der Waals surface area contributed by atoms with Gasteiger partial charge in [-0.2, -0.15) is 0 Å². The molecule has 1 aliphatic carbocycles. The van der Waals surface area contributed by atoms with Gasteiger partial charge in [-0.15, -0.1) is 0 Å². The van der Waals surface area contributed by atoms with E-state index in [0.717, 1.165) is 25.7 Å². The van der Waals surface area contributed by atoms with Gasteiger partial charge in [-0.1, -0.05) is 13.3 Å². The highest BCUT2D eigenvalue weighted by molar-refractivity contribution is 7.91. The van der Waals surface area contributed by atoms with Gasteiger partial charge >= 0.3 is 0 Å². The van der Waals surface area contributed by atoms with Crippen molar-refractivity contribution in [2.75, 3.05) is 6.26 Å². The normalized spacial score (nSPS) is 26.6. The topological polar surface area (TPSA) is 51.2 Å². The Morgan fingerprint density at radius 3 is 2.56 bits per heavy atom. The van der Waals surface area contributed by atoms with Gasteiger partial charge in [0.05, 0.1) is 5.25 Å². The van der Waals surface area contributed by atoms with Gasteiger partial charge in [-0.3, -0.25) is 4.79 Å². The second-order valence-corrected chi connectivity index (χ2v) is 7.30. The van der Waals surface area contributed by atoms with E-state index in [1.54, 1.807) is 0 Å². The van der Waals surface area contributed by atoms with Crippen molar-refractivity contribution in [1.29, 1.82) is 0 Å². The Labute approximate surface area is 98.5 Å². The molecular formula is C12H22O3S. The minimum Gasteiger partial charge on any atom is -0.300 e. The molecule has 3 nitrogen and oxygen atoms in total. The zero-order valence-electron chi connectivity index (χ0n) is 10.2. The third-order valence-electron chi connectivity index (χ3n) is 3.39. The summed E-state index contributed by atoms with van der Waals surface area (Å²) < 4.78 is 22.9. The van der Waals surface area contributed by atoms with Crippen LogP contribution in [-0.4, -0.2) is 25.7 Å². The predicted molar refractivity (Wildman–Crippen MR) is 65.1 cm³/mol. The summed E-state index contributed by atoms with van der Waals surface area (Å²) in [6, 6.07) is 0. The van der Waals surface area contributed by atoms with E-state index in [1.807, 2.05) is 6.92 Å². The molecular weight excluding hydrogens is 224 g/mol. The van der Waals surface area contributed by atoms with Gasteiger partial charge in [0.2, 0.25) is 0 Å². The summed E-state index contributed by atoms with van der Waals surface area (Å²) >= 11 is 0. The maximum absolute atomic E-state index is 11.5. The van der Waals surface area contributed by atoms with E-state index in [9.17, 15) is 13.2 Å². The van der Waals surface area contributed by atoms with Gasteiger partial charge in [0, 0.05) is 19.1 Å². The van der Waals surface area contributed by atoms with Crippen LogP contribution in [0.2, 0.25) is 0 Å². The first kappa shape index (κ1) is 13.7. The molecule has 0 aliphatic heterocycles. The summed E-state index contributed by atoms with van der Waals surface area (Å²) in [6.45, 7) is 2.00. The molecule has 4 heteroatoms. The summed E-state index contributed by atoms with van der Waals surface area (Å²) in [5.74, 6) is 0.592. The fraction of sp³-hybridized carbons (Fsp3) is 0.917. The molecule has 1 aliphatic rings. The second kappa shape index (κ2) is 5.80. The number of sulfone groups is 1. The minimum atomic E-state index is -2.92. The lowest BCUT2D eigenvalue weighted by molar-refractivity contribution is -0.120. The van der Waals surface area contributed by atoms with Crippen LogP contribution >= 0.6 is 0 Å². The van der Waals surface area contributed by atoms with E-state index in [0.29, 0.717) is 31.0 Å². The lowest BCUT2D eigenvalue weighted by atomic mass is 9.85. The van der Waals surface area contributed by atoms with Crippen LogP contribution in [0.4, 0.5) is 0 Å². The zero-order chi connectivity index (χ0) is 12.2. The Hall–Kier alpha value is -0.380. The highest BCUT2D eigenvalue weighted by Gasteiger charge is 2.29. The van der Waals surface area contributed by atoms with Crippen LogP contribution in [0.3, 0.4) is 0 Å². The van der Waals surface area contributed by atoms with Gasteiger partial charge in [0.25, 0.3) is 0 Å². The van der Waals surface area contributed by atoms with Crippen LogP contribution in [0.1, 0.15) is 51.9 Å². The molecule has 0 radical (unpaired) electrons. The molecule has 94 valence electrons. The van der Waals surface area contributed by atoms with Crippen molar-refractivity contribution in [3.05, 3.63) is 0 Å². The Bertz CT molecular complexity index is 332. The second-order valence-electron chi connectivity index (χ2n) is 4.98. The van der Waals surface area contributed by atoms with Gasteiger partial charge in [0.15, 0.2) is 0 Å². The highest BCUT2D eigenvalue weighted by Crippen LogP contribution is 2.30. The molecule has 0 bridgehead atoms. The third kappa shape index (κ3) is 4.24. The number of hydrogen-bond acceptors (Lipinski definition) is 3. The first-order valence-electron chi connectivity index (χ1n) is 6.14. The molecule has 0 heterocycles. The molecule has 1 fully saturated rings. The molecule has 16 heavy (non-hydrogen) atoms. The van der Waals surface area contributed by atoms with Crippen LogP contribution in [-0.2, 0) is 14.6 Å². The zero-order valence-corrected chi connectivity index (χ0v) is 11.1. The first-order valence-corrected chi connectivity index (χ1v) is 8.09. The Morgan fingerprint density at radius 2 is 2.00 bits per heavy atom. The SMILES string of the molecule is CCCC(=O)CC1CCCC(S(C)(=O)=O)C1. The van der Waals surface area contributed by atoms with Crippen molar-refractivity contribution < 1.29 is 13.2 Å². The van der Waals surface area contributed by atoms with E-state index >= 15 is 0 Å². The van der Waals surface area contributed by atoms with Gasteiger partial charge in [-0.25, -0.2) is 8.42 Å². The highest BCUT2D eigenvalue weighted by atomic mass is 32.2. The Morgan fingerprint density at radius 1 is 1.31 bits per heavy atom. The number of carbonyl (C=O) groups is 1. The monoisotopic (exact) mass is 246 g/mol. The lowest BCUT2D eigenvalue weighted by Crippen LogP contribution is -2.28. The summed E-state index contributed by atoms with van der Waals surface area (Å²) in [5.41, 5.74) is 0. The predicted octanol–water partition coefficient (Wildman–Crippen LogP) is 2.35. The van der Waals surface area contributed by atoms with E-state index in [2.05, 4.69) is 0 Å². The standard InChI is InChI=1S/C12H22O3S/c1-3-5-11(13)8-10-6-4-7-12(9-10)16(2,14)15/h10,12H,3-9H2,1-2H3. The molecule has 0 amide bonds. The van der Waals surface area contributed by atoms with Gasteiger partial charge in [0.1, 0.15) is 15.6 Å². The molecule has 0 saturated heterocycles. The van der Waals surface area contributed by atoms with Crippen molar-refractivity contribution in [2.45, 2.75) is 57.1 Å². The summed E-state index contributed by atoms with van der Waals surface area (Å²) in [7, 11) is -2.92. The Kier molecular flexibility index (Phi) is 4.96. The number of ketones is 1. The van der Waals surface area contributed by atoms with Crippen molar-refractivity contribution in [3.8, 4) is 0 Å². The molecule has 1 rings (SSSR count). The largest absolute Gasteiger partial charge is 0.300 e. The van der Waals surface area contributed by atoms with Crippen LogP contribution in [0.25, 0.3) is 0 Å². The first-order chi connectivity index (χ1) is 7.43. The number of hydrogen-bond donors (Lipinski definition) is 0. The van der Waals surface area contributed by atoms with Gasteiger partial charge < -0.3 is 0 Å². The number of rotatable bonds is 5. The van der Waals surface area contributed by atoms with Crippen LogP contribution < -0.4 is 0 Å². The quantitative estimate of drug-likeness (QED) is 0.748. The molecule has 2 unspecified atom stereocenters. The lowest BCUT2D eigenvalue weighted by Gasteiger charge is -2.27. The molecule has 0 aromatic heterocycles. The maximum Gasteiger partial charge on any atom is 0.150 e. The Balaban J connectivity index is 2.48. The van der Waals surface area contributed by atoms with Crippen LogP contribution in [0, 0.1) is 5.92 Å². The molecule has 1 saturated carbocycles. The minimum absolute atomic E-state index is 0.208. The molecule has 2 atom stereocenters. The number of carbonyl (C=O) groups excluding carboxylic acids is 1. The third-order valence-corrected chi connectivity index (χ3v) is 5.02. The van der Waals surface area contributed by atoms with Crippen LogP contribution in [0.15, 0.2) is 0 Å². The summed E-state index contributed by atoms with van der Waals surface area (Å²) in [4.78, 5) is 11.5. The maximum atomic E-state index is 11.5. The van der Waals surface area contributed by atoms with E-state index in [4.69, 9.17) is 0 Å². The van der Waals surface area contributed by atoms with Crippen molar-refractivity contribution in [1.82, 2.24) is 0 Å². The fourth-order valence-electron chi connectivity index (χ4n) is 2.52. The molecule has 0 spiro atoms. The average Bonchev–Trinajstić information content (AvgIpc) is 2.17. The van der Waals surface area contributed by atoms with Crippen molar-refractivity contribution in [2.24, 2.45) is 5.92 Å². The van der Waals surface area contributed by atoms with E-state index < -0.39 is 9.84 Å². The summed E-state index contributed by atoms with van der Waals surface area (Å²) in [6.07, 6.45) is 6.85. The summed E-state index contributed by atoms with van der Waals surface area (Å²) in [5, 5.41) is -0.208. The van der Waals surface area contributed by atoms with Crippen molar-refractivity contribution in [3.63, 3.8) is 0 Å². The fourth-order valence-corrected chi connectivity index (χ4v) is 3.74. The molecule has 0 aromatic carbocycles. The molecule has 0 N–H and O–H groups in total. The van der Waals surface area contributed by atoms with E-state index in [1.165, 1.54) is 6.26 Å². The van der Waals surface area contributed by atoms with Crippen LogP contribution in [0.5, 0.6) is 0 Å². The molecule has 0 aromatic rings.